The van der Waals surface area contributed by atoms with Crippen LogP contribution in [0.25, 0.3) is 0 Å². The van der Waals surface area contributed by atoms with Gasteiger partial charge in [0.2, 0.25) is 5.91 Å². The lowest BCUT2D eigenvalue weighted by Crippen LogP contribution is -2.59. The molecule has 2 rings (SSSR count). The topological polar surface area (TPSA) is 78.9 Å². The minimum Gasteiger partial charge on any atom is -0.481 e. The average Bonchev–Trinajstić information content (AvgIpc) is 2.73. The molecule has 0 aromatic heterocycles. The van der Waals surface area contributed by atoms with Crippen molar-refractivity contribution in [2.24, 2.45) is 0 Å². The third-order valence-corrected chi connectivity index (χ3v) is 3.11. The second-order valence-corrected chi connectivity index (χ2v) is 4.16. The number of amides is 1. The molecule has 2 heterocycles. The van der Waals surface area contributed by atoms with Crippen LogP contribution in [0, 0.1) is 0 Å². The highest BCUT2D eigenvalue weighted by atomic mass is 16.5. The van der Waals surface area contributed by atoms with Crippen molar-refractivity contribution in [1.82, 2.24) is 10.2 Å². The zero-order valence-electron chi connectivity index (χ0n) is 9.02. The van der Waals surface area contributed by atoms with E-state index in [1.165, 1.54) is 0 Å². The lowest BCUT2D eigenvalue weighted by molar-refractivity contribution is -0.144. The van der Waals surface area contributed by atoms with Crippen molar-refractivity contribution in [3.8, 4) is 0 Å². The van der Waals surface area contributed by atoms with Gasteiger partial charge in [-0.25, -0.2) is 0 Å². The molecule has 2 aliphatic rings. The molecule has 0 aromatic rings. The van der Waals surface area contributed by atoms with Gasteiger partial charge in [0.25, 0.3) is 0 Å². The van der Waals surface area contributed by atoms with E-state index >= 15 is 0 Å². The van der Waals surface area contributed by atoms with Gasteiger partial charge in [-0.3, -0.25) is 14.5 Å². The first-order valence-corrected chi connectivity index (χ1v) is 5.51. The van der Waals surface area contributed by atoms with E-state index in [1.807, 2.05) is 4.90 Å². The van der Waals surface area contributed by atoms with Gasteiger partial charge in [0, 0.05) is 25.7 Å². The summed E-state index contributed by atoms with van der Waals surface area (Å²) >= 11 is 0. The molecule has 0 spiro atoms. The maximum absolute atomic E-state index is 11.6. The third-order valence-electron chi connectivity index (χ3n) is 3.11. The van der Waals surface area contributed by atoms with Gasteiger partial charge in [-0.05, 0) is 6.42 Å². The summed E-state index contributed by atoms with van der Waals surface area (Å²) in [5, 5.41) is 11.5. The predicted molar refractivity (Wildman–Crippen MR) is 55.0 cm³/mol. The number of nitrogens with zero attached hydrogens (tertiary/aromatic N) is 1. The van der Waals surface area contributed by atoms with Crippen molar-refractivity contribution in [2.45, 2.75) is 24.9 Å². The monoisotopic (exact) mass is 228 g/mol. The summed E-state index contributed by atoms with van der Waals surface area (Å²) in [6.07, 6.45) is 0.742. The molecule has 0 aliphatic carbocycles. The Hall–Kier alpha value is -1.14. The van der Waals surface area contributed by atoms with Crippen molar-refractivity contribution < 1.29 is 19.4 Å². The van der Waals surface area contributed by atoms with E-state index in [-0.39, 0.29) is 18.4 Å². The Morgan fingerprint density at radius 2 is 2.44 bits per heavy atom. The Morgan fingerprint density at radius 1 is 1.62 bits per heavy atom. The number of carboxylic acids is 1. The van der Waals surface area contributed by atoms with Gasteiger partial charge >= 0.3 is 5.97 Å². The molecule has 2 fully saturated rings. The zero-order valence-corrected chi connectivity index (χ0v) is 9.02. The fourth-order valence-corrected chi connectivity index (χ4v) is 2.33. The molecule has 2 saturated heterocycles. The van der Waals surface area contributed by atoms with Gasteiger partial charge in [-0.15, -0.1) is 0 Å². The van der Waals surface area contributed by atoms with Gasteiger partial charge in [-0.1, -0.05) is 0 Å². The quantitative estimate of drug-likeness (QED) is 0.651. The molecular weight excluding hydrogens is 212 g/mol. The fourth-order valence-electron chi connectivity index (χ4n) is 2.33. The van der Waals surface area contributed by atoms with Crippen LogP contribution >= 0.6 is 0 Å². The van der Waals surface area contributed by atoms with Crippen molar-refractivity contribution >= 4 is 11.9 Å². The molecule has 90 valence electrons. The maximum atomic E-state index is 11.6. The Labute approximate surface area is 93.6 Å². The minimum absolute atomic E-state index is 0.137. The highest BCUT2D eigenvalue weighted by Crippen LogP contribution is 2.19. The summed E-state index contributed by atoms with van der Waals surface area (Å²) in [6, 6.07) is -0.353. The van der Waals surface area contributed by atoms with E-state index < -0.39 is 12.0 Å². The van der Waals surface area contributed by atoms with Crippen LogP contribution in [-0.4, -0.2) is 60.3 Å². The standard InChI is InChI=1S/C10H16N2O4/c13-9(14)5-8-10(15)11-2-3-12(8)7-1-4-16-6-7/h7-8H,1-6H2,(H,11,15)(H,13,14). The van der Waals surface area contributed by atoms with E-state index in [0.717, 1.165) is 6.42 Å². The number of carbonyl (C=O) groups excluding carboxylic acids is 1. The number of piperazine rings is 1. The van der Waals surface area contributed by atoms with Crippen LogP contribution in [-0.2, 0) is 14.3 Å². The Kier molecular flexibility index (Phi) is 3.40. The van der Waals surface area contributed by atoms with E-state index in [2.05, 4.69) is 5.32 Å². The van der Waals surface area contributed by atoms with Crippen molar-refractivity contribution in [3.05, 3.63) is 0 Å². The summed E-state index contributed by atoms with van der Waals surface area (Å²) in [5.41, 5.74) is 0. The maximum Gasteiger partial charge on any atom is 0.305 e. The fraction of sp³-hybridized carbons (Fsp3) is 0.800. The number of carboxylic acid groups (broad SMARTS) is 1. The summed E-state index contributed by atoms with van der Waals surface area (Å²) in [6.45, 7) is 2.59. The molecule has 2 unspecified atom stereocenters. The number of hydrogen-bond acceptors (Lipinski definition) is 4. The van der Waals surface area contributed by atoms with E-state index in [4.69, 9.17) is 9.84 Å². The Bertz CT molecular complexity index is 289. The first kappa shape index (κ1) is 11.3. The highest BCUT2D eigenvalue weighted by Gasteiger charge is 2.37. The summed E-state index contributed by atoms with van der Waals surface area (Å²) in [4.78, 5) is 24.3. The molecule has 6 heteroatoms. The molecule has 6 nitrogen and oxygen atoms in total. The predicted octanol–water partition coefficient (Wildman–Crippen LogP) is -0.950. The molecule has 2 aliphatic heterocycles. The molecule has 1 amide bonds. The molecular formula is C10H16N2O4. The van der Waals surface area contributed by atoms with Crippen LogP contribution in [0.3, 0.4) is 0 Å². The molecule has 0 saturated carbocycles. The molecule has 2 atom stereocenters. The number of rotatable bonds is 3. The van der Waals surface area contributed by atoms with E-state index in [1.54, 1.807) is 0 Å². The van der Waals surface area contributed by atoms with Gasteiger partial charge in [0.15, 0.2) is 0 Å². The number of carbonyl (C=O) groups is 2. The number of hydrogen-bond donors (Lipinski definition) is 2. The van der Waals surface area contributed by atoms with Crippen LogP contribution in [0.15, 0.2) is 0 Å². The SMILES string of the molecule is O=C(O)CC1C(=O)NCCN1C1CCOC1. The van der Waals surface area contributed by atoms with Gasteiger partial charge < -0.3 is 15.2 Å². The van der Waals surface area contributed by atoms with Gasteiger partial charge in [0.05, 0.1) is 13.0 Å². The highest BCUT2D eigenvalue weighted by molar-refractivity contribution is 5.86. The molecule has 0 radical (unpaired) electrons. The molecule has 16 heavy (non-hydrogen) atoms. The number of ether oxygens (including phenoxy) is 1. The van der Waals surface area contributed by atoms with Crippen molar-refractivity contribution in [2.75, 3.05) is 26.3 Å². The van der Waals surface area contributed by atoms with E-state index in [9.17, 15) is 9.59 Å². The van der Waals surface area contributed by atoms with Crippen LogP contribution in [0.2, 0.25) is 0 Å². The second kappa shape index (κ2) is 4.80. The summed E-state index contributed by atoms with van der Waals surface area (Å²) in [7, 11) is 0. The minimum atomic E-state index is -0.939. The van der Waals surface area contributed by atoms with Crippen LogP contribution < -0.4 is 5.32 Å². The number of aliphatic carboxylic acids is 1. The normalized spacial score (nSPS) is 31.4. The average molecular weight is 228 g/mol. The van der Waals surface area contributed by atoms with Crippen LogP contribution in [0.1, 0.15) is 12.8 Å². The van der Waals surface area contributed by atoms with Gasteiger partial charge in [-0.2, -0.15) is 0 Å². The Balaban J connectivity index is 2.06. The van der Waals surface area contributed by atoms with Gasteiger partial charge in [0.1, 0.15) is 6.04 Å². The van der Waals surface area contributed by atoms with Crippen molar-refractivity contribution in [3.63, 3.8) is 0 Å². The zero-order chi connectivity index (χ0) is 11.5. The van der Waals surface area contributed by atoms with Crippen LogP contribution in [0.5, 0.6) is 0 Å². The molecule has 2 N–H and O–H groups in total. The smallest absolute Gasteiger partial charge is 0.305 e. The largest absolute Gasteiger partial charge is 0.481 e. The van der Waals surface area contributed by atoms with Crippen molar-refractivity contribution in [1.29, 1.82) is 0 Å². The Morgan fingerprint density at radius 3 is 3.06 bits per heavy atom. The molecule has 0 aromatic carbocycles. The third kappa shape index (κ3) is 2.33. The summed E-state index contributed by atoms with van der Waals surface area (Å²) < 4.78 is 5.28. The molecule has 0 bridgehead atoms. The van der Waals surface area contributed by atoms with Crippen LogP contribution in [0.4, 0.5) is 0 Å². The lowest BCUT2D eigenvalue weighted by atomic mass is 10.1. The van der Waals surface area contributed by atoms with E-state index in [0.29, 0.717) is 26.3 Å². The lowest BCUT2D eigenvalue weighted by Gasteiger charge is -2.37. The first-order chi connectivity index (χ1) is 7.68. The first-order valence-electron chi connectivity index (χ1n) is 5.51. The summed E-state index contributed by atoms with van der Waals surface area (Å²) in [5.74, 6) is -1.12. The number of nitrogens with one attached hydrogen (secondary N) is 1. The second-order valence-electron chi connectivity index (χ2n) is 4.16.